The number of hydrogen-bond acceptors (Lipinski definition) is 2. The minimum Gasteiger partial charge on any atom is -0.487 e. The van der Waals surface area contributed by atoms with E-state index in [2.05, 4.69) is 15.9 Å². The molecule has 5 heteroatoms. The van der Waals surface area contributed by atoms with Crippen LogP contribution in [0, 0.1) is 0 Å². The zero-order valence-electron chi connectivity index (χ0n) is 14.5. The van der Waals surface area contributed by atoms with E-state index in [4.69, 9.17) is 21.4 Å². The first kappa shape index (κ1) is 19.5. The molecule has 0 atom stereocenters. The van der Waals surface area contributed by atoms with E-state index in [0.29, 0.717) is 11.6 Å². The summed E-state index contributed by atoms with van der Waals surface area (Å²) >= 11 is 9.77. The molecule has 0 aliphatic heterocycles. The van der Waals surface area contributed by atoms with Crippen molar-refractivity contribution in [1.82, 2.24) is 0 Å². The summed E-state index contributed by atoms with van der Waals surface area (Å²) in [5.41, 5.74) is 3.45. The summed E-state index contributed by atoms with van der Waals surface area (Å²) in [6.07, 6.45) is 1.49. The fraction of sp³-hybridized carbons (Fsp3) is 0.136. The first-order valence-electron chi connectivity index (χ1n) is 8.50. The molecule has 0 heterocycles. The molecule has 3 nitrogen and oxygen atoms in total. The van der Waals surface area contributed by atoms with Crippen LogP contribution >= 0.6 is 27.5 Å². The van der Waals surface area contributed by atoms with Gasteiger partial charge >= 0.3 is 5.97 Å². The van der Waals surface area contributed by atoms with E-state index in [-0.39, 0.29) is 5.56 Å². The van der Waals surface area contributed by atoms with Crippen LogP contribution in [-0.2, 0) is 19.4 Å². The van der Waals surface area contributed by atoms with Gasteiger partial charge in [-0.25, -0.2) is 4.79 Å². The van der Waals surface area contributed by atoms with Gasteiger partial charge in [-0.1, -0.05) is 54.1 Å². The number of benzene rings is 3. The van der Waals surface area contributed by atoms with Crippen molar-refractivity contribution in [2.24, 2.45) is 0 Å². The van der Waals surface area contributed by atoms with Gasteiger partial charge in [-0.15, -0.1) is 0 Å². The zero-order chi connectivity index (χ0) is 19.2. The van der Waals surface area contributed by atoms with Gasteiger partial charge in [0.2, 0.25) is 0 Å². The summed E-state index contributed by atoms with van der Waals surface area (Å²) in [7, 11) is 0. The summed E-state index contributed by atoms with van der Waals surface area (Å²) in [6.45, 7) is 0.474. The molecule has 0 bridgehead atoms. The Labute approximate surface area is 171 Å². The summed E-state index contributed by atoms with van der Waals surface area (Å²) < 4.78 is 6.89. The fourth-order valence-corrected chi connectivity index (χ4v) is 3.77. The lowest BCUT2D eigenvalue weighted by Gasteiger charge is -2.14. The van der Waals surface area contributed by atoms with Gasteiger partial charge in [0.25, 0.3) is 0 Å². The van der Waals surface area contributed by atoms with Gasteiger partial charge in [0, 0.05) is 5.02 Å². The number of aromatic carboxylic acids is 1. The van der Waals surface area contributed by atoms with Crippen LogP contribution in [-0.4, -0.2) is 11.1 Å². The maximum absolute atomic E-state index is 11.0. The zero-order valence-corrected chi connectivity index (χ0v) is 16.8. The van der Waals surface area contributed by atoms with Gasteiger partial charge < -0.3 is 9.84 Å². The molecule has 27 heavy (non-hydrogen) atoms. The second kappa shape index (κ2) is 9.07. The van der Waals surface area contributed by atoms with E-state index >= 15 is 0 Å². The number of carboxylic acid groups (broad SMARTS) is 1. The largest absolute Gasteiger partial charge is 0.487 e. The molecule has 0 aliphatic carbocycles. The molecule has 0 aliphatic rings. The van der Waals surface area contributed by atoms with Crippen molar-refractivity contribution in [1.29, 1.82) is 0 Å². The first-order chi connectivity index (χ1) is 13.0. The van der Waals surface area contributed by atoms with Crippen LogP contribution in [0.25, 0.3) is 0 Å². The predicted octanol–water partition coefficient (Wildman–Crippen LogP) is 6.16. The number of rotatable bonds is 7. The highest BCUT2D eigenvalue weighted by molar-refractivity contribution is 9.10. The molecule has 3 aromatic rings. The Morgan fingerprint density at radius 1 is 0.963 bits per heavy atom. The minimum atomic E-state index is -0.920. The topological polar surface area (TPSA) is 46.5 Å². The second-order valence-corrected chi connectivity index (χ2v) is 7.44. The Bertz CT molecular complexity index is 924. The second-order valence-electron chi connectivity index (χ2n) is 6.15. The minimum absolute atomic E-state index is 0.288. The van der Waals surface area contributed by atoms with Crippen molar-refractivity contribution in [3.8, 4) is 5.75 Å². The van der Waals surface area contributed by atoms with E-state index < -0.39 is 5.97 Å². The Morgan fingerprint density at radius 2 is 1.67 bits per heavy atom. The van der Waals surface area contributed by atoms with Crippen molar-refractivity contribution in [2.75, 3.05) is 0 Å². The molecule has 3 rings (SSSR count). The van der Waals surface area contributed by atoms with Gasteiger partial charge in [0.05, 0.1) is 10.0 Å². The number of aryl methyl sites for hydroxylation is 2. The summed E-state index contributed by atoms with van der Waals surface area (Å²) in [4.78, 5) is 11.0. The van der Waals surface area contributed by atoms with Crippen LogP contribution in [0.3, 0.4) is 0 Å². The first-order valence-corrected chi connectivity index (χ1v) is 9.67. The molecule has 0 fully saturated rings. The van der Waals surface area contributed by atoms with Crippen molar-refractivity contribution >= 4 is 33.5 Å². The molecular formula is C22H18BrClO3. The number of halogens is 2. The summed E-state index contributed by atoms with van der Waals surface area (Å²) in [5.74, 6) is -0.137. The quantitative estimate of drug-likeness (QED) is 0.473. The van der Waals surface area contributed by atoms with E-state index in [1.54, 1.807) is 12.1 Å². The highest BCUT2D eigenvalue weighted by Crippen LogP contribution is 2.34. The van der Waals surface area contributed by atoms with Crippen LogP contribution in [0.2, 0.25) is 5.02 Å². The van der Waals surface area contributed by atoms with Gasteiger partial charge in [0.15, 0.2) is 0 Å². The van der Waals surface area contributed by atoms with Crippen LogP contribution < -0.4 is 4.74 Å². The van der Waals surface area contributed by atoms with Crippen molar-refractivity contribution in [3.05, 3.63) is 98.5 Å². The standard InChI is InChI=1S/C22H18BrClO3/c23-20-13-19(24)12-18(21(20)27-14-16-4-2-1-3-5-16)11-8-15-6-9-17(10-7-15)22(25)26/h1-7,9-10,12-13H,8,11,14H2,(H,25,26). The number of ether oxygens (including phenoxy) is 1. The number of carbonyl (C=O) groups is 1. The summed E-state index contributed by atoms with van der Waals surface area (Å²) in [6, 6.07) is 20.7. The van der Waals surface area contributed by atoms with Crippen LogP contribution in [0.15, 0.2) is 71.2 Å². The molecule has 3 aromatic carbocycles. The van der Waals surface area contributed by atoms with Crippen LogP contribution in [0.1, 0.15) is 27.0 Å². The SMILES string of the molecule is O=C(O)c1ccc(CCc2cc(Cl)cc(Br)c2OCc2ccccc2)cc1. The molecule has 0 saturated carbocycles. The van der Waals surface area contributed by atoms with Crippen molar-refractivity contribution < 1.29 is 14.6 Å². The smallest absolute Gasteiger partial charge is 0.335 e. The van der Waals surface area contributed by atoms with E-state index in [1.807, 2.05) is 54.6 Å². The molecule has 0 aromatic heterocycles. The van der Waals surface area contributed by atoms with E-state index in [9.17, 15) is 4.79 Å². The molecule has 0 spiro atoms. The molecule has 0 radical (unpaired) electrons. The third-order valence-corrected chi connectivity index (χ3v) is 5.00. The maximum Gasteiger partial charge on any atom is 0.335 e. The molecule has 0 amide bonds. The van der Waals surface area contributed by atoms with Crippen LogP contribution in [0.4, 0.5) is 0 Å². The van der Waals surface area contributed by atoms with Gasteiger partial charge in [-0.2, -0.15) is 0 Å². The normalized spacial score (nSPS) is 10.6. The van der Waals surface area contributed by atoms with Crippen LogP contribution in [0.5, 0.6) is 5.75 Å². The third-order valence-electron chi connectivity index (χ3n) is 4.20. The molecule has 0 unspecified atom stereocenters. The monoisotopic (exact) mass is 444 g/mol. The number of hydrogen-bond donors (Lipinski definition) is 1. The van der Waals surface area contributed by atoms with Gasteiger partial charge in [-0.05, 0) is 69.7 Å². The third kappa shape index (κ3) is 5.34. The number of carboxylic acids is 1. The summed E-state index contributed by atoms with van der Waals surface area (Å²) in [5, 5.41) is 9.64. The van der Waals surface area contributed by atoms with E-state index in [0.717, 1.165) is 39.8 Å². The average molecular weight is 446 g/mol. The Balaban J connectivity index is 1.74. The Hall–Kier alpha value is -2.30. The Morgan fingerprint density at radius 3 is 2.33 bits per heavy atom. The maximum atomic E-state index is 11.0. The molecule has 0 saturated heterocycles. The fourth-order valence-electron chi connectivity index (χ4n) is 2.78. The highest BCUT2D eigenvalue weighted by Gasteiger charge is 2.12. The lowest BCUT2D eigenvalue weighted by atomic mass is 10.0. The molecular weight excluding hydrogens is 428 g/mol. The van der Waals surface area contributed by atoms with Gasteiger partial charge in [-0.3, -0.25) is 0 Å². The highest BCUT2D eigenvalue weighted by atomic mass is 79.9. The lowest BCUT2D eigenvalue weighted by Crippen LogP contribution is -2.02. The van der Waals surface area contributed by atoms with Crippen molar-refractivity contribution in [3.63, 3.8) is 0 Å². The average Bonchev–Trinajstić information content (AvgIpc) is 2.66. The van der Waals surface area contributed by atoms with Gasteiger partial charge in [0.1, 0.15) is 12.4 Å². The Kier molecular flexibility index (Phi) is 6.54. The van der Waals surface area contributed by atoms with E-state index in [1.165, 1.54) is 0 Å². The molecule has 138 valence electrons. The van der Waals surface area contributed by atoms with Crippen molar-refractivity contribution in [2.45, 2.75) is 19.4 Å². The molecule has 1 N–H and O–H groups in total. The predicted molar refractivity (Wildman–Crippen MR) is 111 cm³/mol. The lowest BCUT2D eigenvalue weighted by molar-refractivity contribution is 0.0697.